The fraction of sp³-hybridized carbons (Fsp3) is 0.261. The monoisotopic (exact) mass is 465 g/mol. The number of rotatable bonds is 7. The first-order valence-electron chi connectivity index (χ1n) is 9.73. The number of benzene rings is 2. The molecule has 1 aromatic heterocycles. The van der Waals surface area contributed by atoms with Crippen molar-refractivity contribution in [2.24, 2.45) is 0 Å². The van der Waals surface area contributed by atoms with Crippen LogP contribution < -0.4 is 0 Å². The van der Waals surface area contributed by atoms with Crippen molar-refractivity contribution in [3.63, 3.8) is 0 Å². The second-order valence-electron chi connectivity index (χ2n) is 7.49. The first-order chi connectivity index (χ1) is 14.9. The zero-order chi connectivity index (χ0) is 23.7. The van der Waals surface area contributed by atoms with E-state index >= 15 is 0 Å². The van der Waals surface area contributed by atoms with Crippen molar-refractivity contribution in [2.75, 3.05) is 12.9 Å². The minimum atomic E-state index is -4.58. The summed E-state index contributed by atoms with van der Waals surface area (Å²) in [6, 6.07) is 11.0. The number of ketones is 1. The molecule has 1 heterocycles. The van der Waals surface area contributed by atoms with Gasteiger partial charge in [0.25, 0.3) is 0 Å². The van der Waals surface area contributed by atoms with E-state index in [1.807, 2.05) is 0 Å². The lowest BCUT2D eigenvalue weighted by atomic mass is 9.97. The maximum Gasteiger partial charge on any atom is 0.417 e. The maximum atomic E-state index is 13.6. The van der Waals surface area contributed by atoms with Crippen LogP contribution in [0.5, 0.6) is 0 Å². The Morgan fingerprint density at radius 2 is 1.69 bits per heavy atom. The molecule has 0 atom stereocenters. The van der Waals surface area contributed by atoms with Gasteiger partial charge in [0.15, 0.2) is 15.6 Å². The number of hydrogen-bond donors (Lipinski definition) is 1. The minimum absolute atomic E-state index is 0.0265. The third-order valence-electron chi connectivity index (χ3n) is 5.18. The summed E-state index contributed by atoms with van der Waals surface area (Å²) in [6.45, 7) is 1.30. The summed E-state index contributed by atoms with van der Waals surface area (Å²) in [5.74, 6) is -0.322. The Morgan fingerprint density at radius 3 is 2.25 bits per heavy atom. The predicted molar refractivity (Wildman–Crippen MR) is 114 cm³/mol. The molecular weight excluding hydrogens is 443 g/mol. The summed E-state index contributed by atoms with van der Waals surface area (Å²) in [6.07, 6.45) is -2.08. The zero-order valence-electron chi connectivity index (χ0n) is 17.5. The summed E-state index contributed by atoms with van der Waals surface area (Å²) in [5, 5.41) is 9.41. The van der Waals surface area contributed by atoms with Gasteiger partial charge in [0.05, 0.1) is 22.8 Å². The smallest absolute Gasteiger partial charge is 0.395 e. The third kappa shape index (κ3) is 4.94. The summed E-state index contributed by atoms with van der Waals surface area (Å²) >= 11 is 0. The van der Waals surface area contributed by atoms with Crippen LogP contribution in [-0.2, 0) is 29.0 Å². The summed E-state index contributed by atoms with van der Waals surface area (Å²) in [7, 11) is -3.37. The largest absolute Gasteiger partial charge is 0.417 e. The molecule has 5 nitrogen and oxygen atoms in total. The van der Waals surface area contributed by atoms with Crippen LogP contribution in [0.3, 0.4) is 0 Å². The Morgan fingerprint density at radius 1 is 1.06 bits per heavy atom. The highest BCUT2D eigenvalue weighted by atomic mass is 32.2. The summed E-state index contributed by atoms with van der Waals surface area (Å²) < 4.78 is 65.4. The van der Waals surface area contributed by atoms with Crippen molar-refractivity contribution in [1.82, 2.24) is 4.57 Å². The van der Waals surface area contributed by atoms with Gasteiger partial charge < -0.3 is 9.67 Å². The fourth-order valence-electron chi connectivity index (χ4n) is 3.65. The Balaban J connectivity index is 2.02. The van der Waals surface area contributed by atoms with Crippen LogP contribution in [0.15, 0.2) is 59.6 Å². The van der Waals surface area contributed by atoms with Crippen molar-refractivity contribution < 1.29 is 31.5 Å². The number of carbonyl (C=O) groups excluding carboxylic acids is 1. The van der Waals surface area contributed by atoms with E-state index in [1.54, 1.807) is 6.92 Å². The predicted octanol–water partition coefficient (Wildman–Crippen LogP) is 4.30. The first kappa shape index (κ1) is 23.7. The molecule has 170 valence electrons. The Hall–Kier alpha value is -2.91. The maximum absolute atomic E-state index is 13.6. The standard InChI is InChI=1S/C23H22F3NO4S/c1-15-19(21(29)13-16-7-9-17(10-8-16)32(2,30)31)14-27(11-12-28)22(15)18-5-3-4-6-20(18)23(24,25)26/h3-10,14,28H,11-13H2,1-2H3. The SMILES string of the molecule is Cc1c(C(=O)Cc2ccc(S(C)(=O)=O)cc2)cn(CCO)c1-c1ccccc1C(F)(F)F. The number of carbonyl (C=O) groups is 1. The molecule has 0 saturated heterocycles. The van der Waals surface area contributed by atoms with Gasteiger partial charge in [-0.1, -0.05) is 30.3 Å². The second kappa shape index (κ2) is 8.91. The van der Waals surface area contributed by atoms with Gasteiger partial charge in [0, 0.05) is 36.5 Å². The highest BCUT2D eigenvalue weighted by Gasteiger charge is 2.35. The van der Waals surface area contributed by atoms with Crippen molar-refractivity contribution in [1.29, 1.82) is 0 Å². The van der Waals surface area contributed by atoms with Crippen LogP contribution in [0.1, 0.15) is 27.0 Å². The van der Waals surface area contributed by atoms with Crippen LogP contribution >= 0.6 is 0 Å². The van der Waals surface area contributed by atoms with E-state index in [0.29, 0.717) is 11.1 Å². The molecule has 32 heavy (non-hydrogen) atoms. The van der Waals surface area contributed by atoms with Crippen LogP contribution in [0, 0.1) is 6.92 Å². The molecule has 9 heteroatoms. The van der Waals surface area contributed by atoms with E-state index in [0.717, 1.165) is 12.3 Å². The number of Topliss-reactive ketones (excluding diaryl/α,β-unsaturated/α-hetero) is 1. The molecule has 0 aliphatic heterocycles. The van der Waals surface area contributed by atoms with Gasteiger partial charge >= 0.3 is 6.18 Å². The molecule has 0 unspecified atom stereocenters. The molecule has 0 amide bonds. The quantitative estimate of drug-likeness (QED) is 0.528. The van der Waals surface area contributed by atoms with Gasteiger partial charge in [-0.05, 0) is 36.2 Å². The lowest BCUT2D eigenvalue weighted by Crippen LogP contribution is -2.10. The lowest BCUT2D eigenvalue weighted by molar-refractivity contribution is -0.137. The Labute approximate surface area is 184 Å². The molecule has 0 spiro atoms. The van der Waals surface area contributed by atoms with Gasteiger partial charge in [-0.3, -0.25) is 4.79 Å². The van der Waals surface area contributed by atoms with Crippen LogP contribution in [0.2, 0.25) is 0 Å². The van der Waals surface area contributed by atoms with Gasteiger partial charge in [-0.2, -0.15) is 13.2 Å². The molecule has 0 radical (unpaired) electrons. The number of alkyl halides is 3. The molecular formula is C23H22F3NO4S. The Kier molecular flexibility index (Phi) is 6.61. The van der Waals surface area contributed by atoms with E-state index in [4.69, 9.17) is 0 Å². The molecule has 0 fully saturated rings. The van der Waals surface area contributed by atoms with Crippen molar-refractivity contribution >= 4 is 15.6 Å². The van der Waals surface area contributed by atoms with E-state index in [-0.39, 0.29) is 47.1 Å². The van der Waals surface area contributed by atoms with E-state index in [1.165, 1.54) is 53.2 Å². The van der Waals surface area contributed by atoms with Crippen LogP contribution in [-0.4, -0.2) is 36.7 Å². The number of nitrogens with zero attached hydrogens (tertiary/aromatic N) is 1. The molecule has 0 aliphatic carbocycles. The van der Waals surface area contributed by atoms with Gasteiger partial charge in [0.2, 0.25) is 0 Å². The van der Waals surface area contributed by atoms with Gasteiger partial charge in [-0.25, -0.2) is 8.42 Å². The number of aliphatic hydroxyl groups is 1. The lowest BCUT2D eigenvalue weighted by Gasteiger charge is -2.15. The van der Waals surface area contributed by atoms with E-state index < -0.39 is 21.6 Å². The second-order valence-corrected chi connectivity index (χ2v) is 9.51. The average Bonchev–Trinajstić information content (AvgIpc) is 3.03. The molecule has 1 N–H and O–H groups in total. The van der Waals surface area contributed by atoms with Gasteiger partial charge in [-0.15, -0.1) is 0 Å². The topological polar surface area (TPSA) is 76.4 Å². The zero-order valence-corrected chi connectivity index (χ0v) is 18.3. The van der Waals surface area contributed by atoms with Crippen molar-refractivity contribution in [2.45, 2.75) is 31.0 Å². The number of aromatic nitrogens is 1. The van der Waals surface area contributed by atoms with Crippen molar-refractivity contribution in [3.8, 4) is 11.3 Å². The van der Waals surface area contributed by atoms with Crippen molar-refractivity contribution in [3.05, 3.63) is 77.0 Å². The Bertz CT molecular complexity index is 1240. The van der Waals surface area contributed by atoms with E-state index in [2.05, 4.69) is 0 Å². The molecule has 0 bridgehead atoms. The summed E-state index contributed by atoms with van der Waals surface area (Å²) in [5.41, 5.74) is 0.542. The molecule has 2 aromatic carbocycles. The number of hydrogen-bond acceptors (Lipinski definition) is 4. The average molecular weight is 465 g/mol. The molecule has 3 rings (SSSR count). The minimum Gasteiger partial charge on any atom is -0.395 e. The third-order valence-corrected chi connectivity index (χ3v) is 6.30. The molecule has 3 aromatic rings. The fourth-order valence-corrected chi connectivity index (χ4v) is 4.28. The first-order valence-corrected chi connectivity index (χ1v) is 11.6. The highest BCUT2D eigenvalue weighted by molar-refractivity contribution is 7.90. The van der Waals surface area contributed by atoms with Gasteiger partial charge in [0.1, 0.15) is 0 Å². The van der Waals surface area contributed by atoms with E-state index in [9.17, 15) is 31.5 Å². The molecule has 0 saturated carbocycles. The van der Waals surface area contributed by atoms with Crippen LogP contribution in [0.25, 0.3) is 11.3 Å². The number of sulfone groups is 1. The normalized spacial score (nSPS) is 12.2. The number of halogens is 3. The van der Waals surface area contributed by atoms with Crippen LogP contribution in [0.4, 0.5) is 13.2 Å². The summed E-state index contributed by atoms with van der Waals surface area (Å²) in [4.78, 5) is 13.1. The highest BCUT2D eigenvalue weighted by Crippen LogP contribution is 2.39. The number of aliphatic hydroxyl groups excluding tert-OH is 1. The molecule has 0 aliphatic rings.